The number of hydrogen-bond donors (Lipinski definition) is 2. The number of carboxylic acids is 1. The van der Waals surface area contributed by atoms with Crippen molar-refractivity contribution < 1.29 is 42.4 Å². The first-order valence-electron chi connectivity index (χ1n) is 0.928. The third-order valence-electron chi connectivity index (χ3n) is 0. The number of carbonyl (C=O) groups is 1. The smallest absolute Gasteiger partial charge is 0.300 e. The Kier molecular flexibility index (Phi) is 60.9. The van der Waals surface area contributed by atoms with Crippen LogP contribution in [0.5, 0.6) is 0 Å². The summed E-state index contributed by atoms with van der Waals surface area (Å²) in [6.07, 6.45) is 0. The molecule has 5 N–H and O–H groups in total. The minimum absolute atomic E-state index is 0. The molecule has 0 amide bonds. The van der Waals surface area contributed by atoms with Crippen LogP contribution in [0.25, 0.3) is 0 Å². The van der Waals surface area contributed by atoms with Gasteiger partial charge in [-0.2, -0.15) is 0 Å². The van der Waals surface area contributed by atoms with Crippen molar-refractivity contribution >= 4 is 5.97 Å². The van der Waals surface area contributed by atoms with Crippen molar-refractivity contribution in [1.29, 1.82) is 0 Å². The average Bonchev–Trinajstić information content (AvgIpc) is 0.811. The Balaban J connectivity index is -0.0000000150. The molecule has 0 fully saturated rings. The summed E-state index contributed by atoms with van der Waals surface area (Å²) in [5, 5.41) is 7.42. The summed E-state index contributed by atoms with van der Waals surface area (Å²) in [6.45, 7) is 1.08. The van der Waals surface area contributed by atoms with Gasteiger partial charge >= 0.3 is 0 Å². The topological polar surface area (TPSA) is 73.8 Å². The molecule has 0 saturated heterocycles. The summed E-state index contributed by atoms with van der Waals surface area (Å²) in [6, 6.07) is 0. The second kappa shape index (κ2) is 16.2. The number of rotatable bonds is 0. The predicted octanol–water partition coefficient (Wildman–Crippen LogP) is -2.53. The Hall–Kier alpha value is 0.369. The quantitative estimate of drug-likeness (QED) is 0.518. The van der Waals surface area contributed by atoms with E-state index in [2.05, 4.69) is 0 Å². The standard InChI is InChI=1S/C2H4O2.ClH.Ir.H3N/c1-2(3)4;;;/h1H3,(H,3,4);1H;;1H3. The van der Waals surface area contributed by atoms with Crippen molar-refractivity contribution in [2.24, 2.45) is 0 Å². The van der Waals surface area contributed by atoms with Crippen molar-refractivity contribution in [2.45, 2.75) is 6.92 Å². The fourth-order valence-electron chi connectivity index (χ4n) is 0. The molecule has 49 valence electrons. The molecule has 0 aromatic heterocycles. The molecule has 0 atom stereocenters. The first-order valence-corrected chi connectivity index (χ1v) is 0.928. The first-order chi connectivity index (χ1) is 1.73. The van der Waals surface area contributed by atoms with Gasteiger partial charge in [0.15, 0.2) is 0 Å². The first kappa shape index (κ1) is 26.3. The van der Waals surface area contributed by atoms with Gasteiger partial charge in [-0.1, -0.05) is 0 Å². The number of carboxylic acid groups (broad SMARTS) is 1. The summed E-state index contributed by atoms with van der Waals surface area (Å²) >= 11 is 0. The largest absolute Gasteiger partial charge is 1.00 e. The van der Waals surface area contributed by atoms with Gasteiger partial charge < -0.3 is 23.7 Å². The van der Waals surface area contributed by atoms with Crippen LogP contribution < -0.4 is 18.6 Å². The molecule has 0 aromatic rings. The zero-order valence-corrected chi connectivity index (χ0v) is 7.22. The maximum Gasteiger partial charge on any atom is 0.300 e. The Morgan fingerprint density at radius 3 is 1.57 bits per heavy atom. The zero-order valence-electron chi connectivity index (χ0n) is 4.07. The minimum Gasteiger partial charge on any atom is -1.00 e. The van der Waals surface area contributed by atoms with Crippen LogP contribution >= 0.6 is 0 Å². The maximum absolute atomic E-state index is 9.00. The number of hydrogen-bond acceptors (Lipinski definition) is 1. The van der Waals surface area contributed by atoms with Gasteiger partial charge in [-0.05, 0) is 0 Å². The molecule has 5 heteroatoms. The van der Waals surface area contributed by atoms with Crippen molar-refractivity contribution in [3.63, 3.8) is 0 Å². The van der Waals surface area contributed by atoms with Crippen molar-refractivity contribution in [2.75, 3.05) is 0 Å². The fourth-order valence-corrected chi connectivity index (χ4v) is 0. The van der Waals surface area contributed by atoms with E-state index in [1.807, 2.05) is 0 Å². The molecule has 0 rings (SSSR count). The third kappa shape index (κ3) is 891. The van der Waals surface area contributed by atoms with Gasteiger partial charge in [0.05, 0.1) is 0 Å². The van der Waals surface area contributed by atoms with Crippen LogP contribution in [0.15, 0.2) is 0 Å². The fraction of sp³-hybridized carbons (Fsp3) is 0.500. The van der Waals surface area contributed by atoms with E-state index in [0.717, 1.165) is 6.92 Å². The van der Waals surface area contributed by atoms with E-state index in [9.17, 15) is 0 Å². The van der Waals surface area contributed by atoms with E-state index in [1.165, 1.54) is 0 Å². The van der Waals surface area contributed by atoms with Crippen molar-refractivity contribution in [3.05, 3.63) is 0 Å². The van der Waals surface area contributed by atoms with Crippen LogP contribution in [-0.4, -0.2) is 11.1 Å². The monoisotopic (exact) mass is 306 g/mol. The van der Waals surface area contributed by atoms with Crippen molar-refractivity contribution in [3.8, 4) is 0 Å². The van der Waals surface area contributed by atoms with E-state index in [4.69, 9.17) is 9.90 Å². The van der Waals surface area contributed by atoms with E-state index >= 15 is 0 Å². The van der Waals surface area contributed by atoms with Crippen LogP contribution in [0.3, 0.4) is 0 Å². The molecule has 0 aromatic carbocycles. The molecule has 0 saturated carbocycles. The molecule has 0 spiro atoms. The molecule has 0 aliphatic carbocycles. The maximum atomic E-state index is 9.00. The third-order valence-corrected chi connectivity index (χ3v) is 0. The van der Waals surface area contributed by atoms with Gasteiger partial charge in [-0.3, -0.25) is 4.79 Å². The predicted molar refractivity (Wildman–Crippen MR) is 19.3 cm³/mol. The van der Waals surface area contributed by atoms with Crippen LogP contribution in [-0.2, 0) is 24.9 Å². The van der Waals surface area contributed by atoms with E-state index in [1.54, 1.807) is 0 Å². The number of quaternary nitrogens is 1. The average molecular weight is 306 g/mol. The van der Waals surface area contributed by atoms with Crippen LogP contribution in [0.4, 0.5) is 0 Å². The molecular weight excluding hydrogens is 298 g/mol. The summed E-state index contributed by atoms with van der Waals surface area (Å²) < 4.78 is 0. The van der Waals surface area contributed by atoms with Crippen LogP contribution in [0.1, 0.15) is 6.92 Å². The minimum atomic E-state index is -0.833. The number of aliphatic carboxylic acids is 1. The second-order valence-electron chi connectivity index (χ2n) is 0.519. The zero-order chi connectivity index (χ0) is 3.58. The Labute approximate surface area is 61.8 Å². The normalized spacial score (nSPS) is 3.57. The van der Waals surface area contributed by atoms with Gasteiger partial charge in [0.2, 0.25) is 0 Å². The summed E-state index contributed by atoms with van der Waals surface area (Å²) in [7, 11) is 0. The molecule has 1 radical (unpaired) electrons. The Morgan fingerprint density at radius 1 is 1.57 bits per heavy atom. The van der Waals surface area contributed by atoms with Crippen LogP contribution in [0.2, 0.25) is 0 Å². The summed E-state index contributed by atoms with van der Waals surface area (Å²) in [5.74, 6) is -0.833. The second-order valence-corrected chi connectivity index (χ2v) is 0.519. The van der Waals surface area contributed by atoms with Gasteiger partial charge in [0, 0.05) is 27.0 Å². The molecule has 0 bridgehead atoms. The van der Waals surface area contributed by atoms with Crippen molar-refractivity contribution in [1.82, 2.24) is 6.15 Å². The van der Waals surface area contributed by atoms with Gasteiger partial charge in [-0.15, -0.1) is 0 Å². The van der Waals surface area contributed by atoms with Gasteiger partial charge in [0.1, 0.15) is 0 Å². The van der Waals surface area contributed by atoms with Gasteiger partial charge in [0.25, 0.3) is 5.97 Å². The van der Waals surface area contributed by atoms with E-state index in [0.29, 0.717) is 0 Å². The molecule has 3 nitrogen and oxygen atoms in total. The summed E-state index contributed by atoms with van der Waals surface area (Å²) in [4.78, 5) is 9.00. The Bertz CT molecular complexity index is 38.7. The van der Waals surface area contributed by atoms with Gasteiger partial charge in [-0.25, -0.2) is 0 Å². The van der Waals surface area contributed by atoms with E-state index < -0.39 is 5.97 Å². The molecular formula is C2H8ClIrNO2. The Morgan fingerprint density at radius 2 is 1.57 bits per heavy atom. The van der Waals surface area contributed by atoms with E-state index in [-0.39, 0.29) is 38.7 Å². The van der Waals surface area contributed by atoms with Crippen LogP contribution in [0, 0.1) is 0 Å². The number of halogens is 1. The molecule has 0 aliphatic heterocycles. The molecule has 7 heavy (non-hydrogen) atoms. The molecule has 0 heterocycles. The summed E-state index contributed by atoms with van der Waals surface area (Å²) in [5.41, 5.74) is 0. The molecule has 0 aliphatic rings. The SMILES string of the molecule is CC(=O)O.[Cl-].[Ir].[NH4+]. The molecule has 0 unspecified atom stereocenters.